The Balaban J connectivity index is 1.15. The van der Waals surface area contributed by atoms with Crippen molar-refractivity contribution in [2.24, 2.45) is 5.92 Å². The lowest BCUT2D eigenvalue weighted by atomic mass is 9.85. The van der Waals surface area contributed by atoms with Crippen LogP contribution in [0.15, 0.2) is 73.1 Å². The van der Waals surface area contributed by atoms with Gasteiger partial charge in [0.15, 0.2) is 5.78 Å². The Morgan fingerprint density at radius 3 is 2.12 bits per heavy atom. The summed E-state index contributed by atoms with van der Waals surface area (Å²) in [6.07, 6.45) is 6.36. The quantitative estimate of drug-likeness (QED) is 0.508. The second-order valence-corrected chi connectivity index (χ2v) is 9.37. The molecule has 6 rings (SSSR count). The van der Waals surface area contributed by atoms with Gasteiger partial charge in [-0.05, 0) is 60.1 Å². The Hall–Kier alpha value is -3.47. The first-order valence-corrected chi connectivity index (χ1v) is 11.8. The number of fused-ring (bicyclic) bond motifs is 5. The maximum Gasteiger partial charge on any atom is 0.410 e. The van der Waals surface area contributed by atoms with Crippen molar-refractivity contribution < 1.29 is 14.3 Å². The number of hydrogen-bond acceptors (Lipinski definition) is 4. The molecule has 166 valence electrons. The number of nitrogens with zero attached hydrogens (tertiary/aromatic N) is 2. The largest absolute Gasteiger partial charge is 0.448 e. The van der Waals surface area contributed by atoms with Gasteiger partial charge in [-0.1, -0.05) is 48.5 Å². The van der Waals surface area contributed by atoms with Gasteiger partial charge >= 0.3 is 6.09 Å². The first kappa shape index (κ1) is 20.2. The summed E-state index contributed by atoms with van der Waals surface area (Å²) in [6, 6.07) is 20.5. The number of amides is 1. The van der Waals surface area contributed by atoms with E-state index in [1.165, 1.54) is 22.3 Å². The molecule has 3 aliphatic rings. The summed E-state index contributed by atoms with van der Waals surface area (Å²) >= 11 is 0. The summed E-state index contributed by atoms with van der Waals surface area (Å²) in [5.74, 6) is 0.153. The summed E-state index contributed by atoms with van der Waals surface area (Å²) in [5, 5.41) is 0. The summed E-state index contributed by atoms with van der Waals surface area (Å²) < 4.78 is 5.93. The molecule has 1 aromatic heterocycles. The highest BCUT2D eigenvalue weighted by atomic mass is 16.6. The van der Waals surface area contributed by atoms with Gasteiger partial charge in [0, 0.05) is 41.9 Å². The zero-order chi connectivity index (χ0) is 22.4. The van der Waals surface area contributed by atoms with E-state index in [0.717, 1.165) is 12.8 Å². The van der Waals surface area contributed by atoms with E-state index in [1.807, 2.05) is 23.1 Å². The van der Waals surface area contributed by atoms with Gasteiger partial charge in [-0.2, -0.15) is 0 Å². The van der Waals surface area contributed by atoms with Crippen molar-refractivity contribution >= 4 is 11.9 Å². The number of carbonyl (C=O) groups excluding carboxylic acids is 2. The molecule has 33 heavy (non-hydrogen) atoms. The number of pyridine rings is 1. The smallest absolute Gasteiger partial charge is 0.410 e. The Labute approximate surface area is 193 Å². The summed E-state index contributed by atoms with van der Waals surface area (Å²) in [7, 11) is 0. The lowest BCUT2D eigenvalue weighted by Crippen LogP contribution is -2.48. The van der Waals surface area contributed by atoms with E-state index in [2.05, 4.69) is 41.4 Å². The normalized spacial score (nSPS) is 23.2. The van der Waals surface area contributed by atoms with Gasteiger partial charge in [0.25, 0.3) is 0 Å². The monoisotopic (exact) mass is 438 g/mol. The fourth-order valence-corrected chi connectivity index (χ4v) is 6.10. The van der Waals surface area contributed by atoms with Crippen molar-refractivity contribution in [3.05, 3.63) is 89.7 Å². The molecule has 0 spiro atoms. The zero-order valence-corrected chi connectivity index (χ0v) is 18.4. The number of ketones is 1. The third-order valence-corrected chi connectivity index (χ3v) is 7.60. The number of hydrogen-bond donors (Lipinski definition) is 0. The third-order valence-electron chi connectivity index (χ3n) is 7.60. The van der Waals surface area contributed by atoms with Crippen LogP contribution in [-0.2, 0) is 4.74 Å². The van der Waals surface area contributed by atoms with E-state index < -0.39 is 0 Å². The number of aromatic nitrogens is 1. The Morgan fingerprint density at radius 2 is 1.52 bits per heavy atom. The minimum atomic E-state index is -0.239. The molecule has 2 aliphatic heterocycles. The first-order valence-electron chi connectivity index (χ1n) is 11.8. The SMILES string of the molecule is O=C(c1cccnc1)C1CC2CCC(C1)N2C(=O)OCC1c2ccccc2-c2ccccc21. The van der Waals surface area contributed by atoms with E-state index in [4.69, 9.17) is 4.74 Å². The number of benzene rings is 2. The Bertz CT molecular complexity index is 1150. The van der Waals surface area contributed by atoms with Crippen LogP contribution in [0.3, 0.4) is 0 Å². The highest BCUT2D eigenvalue weighted by molar-refractivity contribution is 5.97. The number of piperidine rings is 1. The van der Waals surface area contributed by atoms with Gasteiger partial charge in [0.2, 0.25) is 0 Å². The van der Waals surface area contributed by atoms with Crippen LogP contribution in [0.2, 0.25) is 0 Å². The van der Waals surface area contributed by atoms with Crippen molar-refractivity contribution in [1.82, 2.24) is 9.88 Å². The third kappa shape index (κ3) is 3.43. The summed E-state index contributed by atoms with van der Waals surface area (Å²) in [6.45, 7) is 0.334. The predicted molar refractivity (Wildman–Crippen MR) is 125 cm³/mol. The molecule has 1 amide bonds. The number of Topliss-reactive ketones (excluding diaryl/α,β-unsaturated/α-hetero) is 1. The van der Waals surface area contributed by atoms with Crippen LogP contribution in [0.4, 0.5) is 4.79 Å². The molecule has 2 unspecified atom stereocenters. The standard InChI is InChI=1S/C28H26N2O3/c31-27(18-6-5-13-29-16-18)19-14-20-11-12-21(15-19)30(20)28(32)33-17-26-24-9-3-1-7-22(24)23-8-2-4-10-25(23)26/h1-10,13,16,19-21,26H,11-12,14-15,17H2. The first-order chi connectivity index (χ1) is 16.2. The van der Waals surface area contributed by atoms with Crippen LogP contribution in [0.1, 0.15) is 53.1 Å². The molecule has 2 saturated heterocycles. The molecule has 5 nitrogen and oxygen atoms in total. The molecule has 0 N–H and O–H groups in total. The molecule has 0 radical (unpaired) electrons. The van der Waals surface area contributed by atoms with Crippen LogP contribution < -0.4 is 0 Å². The fraction of sp³-hybridized carbons (Fsp3) is 0.321. The lowest BCUT2D eigenvalue weighted by Gasteiger charge is -2.37. The van der Waals surface area contributed by atoms with Gasteiger partial charge < -0.3 is 9.64 Å². The van der Waals surface area contributed by atoms with Crippen LogP contribution in [0, 0.1) is 5.92 Å². The maximum atomic E-state index is 13.2. The van der Waals surface area contributed by atoms with Gasteiger partial charge in [-0.25, -0.2) is 4.79 Å². The molecular weight excluding hydrogens is 412 g/mol. The van der Waals surface area contributed by atoms with E-state index >= 15 is 0 Å². The maximum absolute atomic E-state index is 13.2. The lowest BCUT2D eigenvalue weighted by molar-refractivity contribution is 0.0506. The molecule has 2 aromatic carbocycles. The van der Waals surface area contributed by atoms with Crippen LogP contribution in [0.25, 0.3) is 11.1 Å². The van der Waals surface area contributed by atoms with Crippen molar-refractivity contribution in [3.63, 3.8) is 0 Å². The van der Waals surface area contributed by atoms with Crippen LogP contribution in [0.5, 0.6) is 0 Å². The van der Waals surface area contributed by atoms with Gasteiger partial charge in [-0.3, -0.25) is 9.78 Å². The topological polar surface area (TPSA) is 59.5 Å². The van der Waals surface area contributed by atoms with Crippen LogP contribution in [-0.4, -0.2) is 40.5 Å². The molecule has 3 aromatic rings. The number of carbonyl (C=O) groups is 2. The number of rotatable bonds is 4. The summed E-state index contributed by atoms with van der Waals surface area (Å²) in [4.78, 5) is 32.2. The van der Waals surface area contributed by atoms with E-state index in [9.17, 15) is 9.59 Å². The van der Waals surface area contributed by atoms with Gasteiger partial charge in [0.05, 0.1) is 0 Å². The molecule has 2 fully saturated rings. The molecule has 5 heteroatoms. The zero-order valence-electron chi connectivity index (χ0n) is 18.4. The minimum absolute atomic E-state index is 0.0515. The Kier molecular flexibility index (Phi) is 4.97. The average Bonchev–Trinajstić information content (AvgIpc) is 3.33. The predicted octanol–water partition coefficient (Wildman–Crippen LogP) is 5.46. The molecule has 0 saturated carbocycles. The minimum Gasteiger partial charge on any atom is -0.448 e. The highest BCUT2D eigenvalue weighted by Gasteiger charge is 2.46. The molecule has 3 heterocycles. The molecular formula is C28H26N2O3. The van der Waals surface area contributed by atoms with Gasteiger partial charge in [-0.15, -0.1) is 0 Å². The van der Waals surface area contributed by atoms with E-state index in [-0.39, 0.29) is 35.8 Å². The summed E-state index contributed by atoms with van der Waals surface area (Å²) in [5.41, 5.74) is 5.55. The van der Waals surface area contributed by atoms with E-state index in [1.54, 1.807) is 18.5 Å². The van der Waals surface area contributed by atoms with Crippen LogP contribution >= 0.6 is 0 Å². The number of ether oxygens (including phenoxy) is 1. The molecule has 1 aliphatic carbocycles. The Morgan fingerprint density at radius 1 is 0.879 bits per heavy atom. The van der Waals surface area contributed by atoms with E-state index in [0.29, 0.717) is 25.0 Å². The van der Waals surface area contributed by atoms with Crippen molar-refractivity contribution in [3.8, 4) is 11.1 Å². The van der Waals surface area contributed by atoms with Gasteiger partial charge in [0.1, 0.15) is 6.61 Å². The average molecular weight is 439 g/mol. The van der Waals surface area contributed by atoms with Crippen molar-refractivity contribution in [2.75, 3.05) is 6.61 Å². The second-order valence-electron chi connectivity index (χ2n) is 9.37. The van der Waals surface area contributed by atoms with Crippen molar-refractivity contribution in [2.45, 2.75) is 43.7 Å². The van der Waals surface area contributed by atoms with Crippen molar-refractivity contribution in [1.29, 1.82) is 0 Å². The highest BCUT2D eigenvalue weighted by Crippen LogP contribution is 2.45. The second kappa shape index (κ2) is 8.14. The molecule has 2 atom stereocenters. The fourth-order valence-electron chi connectivity index (χ4n) is 6.10. The molecule has 2 bridgehead atoms.